The second-order valence-corrected chi connectivity index (χ2v) is 9.79. The number of thiazole rings is 1. The zero-order chi connectivity index (χ0) is 20.1. The van der Waals surface area contributed by atoms with E-state index in [1.54, 1.807) is 11.3 Å². The van der Waals surface area contributed by atoms with Crippen molar-refractivity contribution in [1.29, 1.82) is 0 Å². The number of benzene rings is 2. The van der Waals surface area contributed by atoms with Gasteiger partial charge in [0.2, 0.25) is 10.0 Å². The second-order valence-electron chi connectivity index (χ2n) is 6.79. The van der Waals surface area contributed by atoms with E-state index < -0.39 is 10.0 Å². The summed E-state index contributed by atoms with van der Waals surface area (Å²) in [7, 11) is -3.36. The van der Waals surface area contributed by atoms with Gasteiger partial charge < -0.3 is 10.1 Å². The first-order chi connectivity index (χ1) is 14.1. The van der Waals surface area contributed by atoms with Crippen LogP contribution >= 0.6 is 11.3 Å². The Morgan fingerprint density at radius 3 is 2.45 bits per heavy atom. The van der Waals surface area contributed by atoms with Crippen LogP contribution in [-0.4, -0.2) is 44.0 Å². The number of ether oxygens (including phenoxy) is 1. The lowest BCUT2D eigenvalue weighted by Crippen LogP contribution is -2.41. The highest BCUT2D eigenvalue weighted by molar-refractivity contribution is 7.88. The molecular weight excluding hydrogens is 406 g/mol. The zero-order valence-electron chi connectivity index (χ0n) is 16.0. The minimum atomic E-state index is -3.36. The average molecular weight is 430 g/mol. The molecule has 2 aromatic carbocycles. The van der Waals surface area contributed by atoms with Gasteiger partial charge in [0.1, 0.15) is 0 Å². The van der Waals surface area contributed by atoms with Crippen LogP contribution in [0.3, 0.4) is 0 Å². The number of morpholine rings is 1. The van der Waals surface area contributed by atoms with Crippen molar-refractivity contribution in [3.63, 3.8) is 0 Å². The molecule has 0 amide bonds. The van der Waals surface area contributed by atoms with Crippen molar-refractivity contribution in [2.24, 2.45) is 0 Å². The van der Waals surface area contributed by atoms with Gasteiger partial charge >= 0.3 is 0 Å². The minimum Gasteiger partial charge on any atom is -0.379 e. The normalized spacial score (nSPS) is 15.3. The summed E-state index contributed by atoms with van der Waals surface area (Å²) in [5.74, 6) is -0.00200. The quantitative estimate of drug-likeness (QED) is 0.622. The van der Waals surface area contributed by atoms with Gasteiger partial charge in [-0.3, -0.25) is 0 Å². The van der Waals surface area contributed by atoms with E-state index in [0.717, 1.165) is 26.7 Å². The van der Waals surface area contributed by atoms with Crippen molar-refractivity contribution in [3.8, 4) is 10.4 Å². The molecule has 152 valence electrons. The Bertz CT molecular complexity index is 1050. The predicted octanol–water partition coefficient (Wildman–Crippen LogP) is 3.58. The van der Waals surface area contributed by atoms with Crippen LogP contribution in [0.5, 0.6) is 0 Å². The summed E-state index contributed by atoms with van der Waals surface area (Å²) in [5, 5.41) is 4.15. The van der Waals surface area contributed by atoms with E-state index in [4.69, 9.17) is 4.74 Å². The van der Waals surface area contributed by atoms with Crippen LogP contribution < -0.4 is 5.32 Å². The molecule has 2 heterocycles. The molecule has 1 N–H and O–H groups in total. The zero-order valence-corrected chi connectivity index (χ0v) is 17.6. The maximum atomic E-state index is 12.8. The van der Waals surface area contributed by atoms with E-state index >= 15 is 0 Å². The molecule has 1 aliphatic heterocycles. The van der Waals surface area contributed by atoms with Crippen LogP contribution in [0.1, 0.15) is 11.1 Å². The summed E-state index contributed by atoms with van der Waals surface area (Å²) >= 11 is 1.58. The lowest BCUT2D eigenvalue weighted by molar-refractivity contribution is 0.0729. The third kappa shape index (κ3) is 5.02. The van der Waals surface area contributed by atoms with Gasteiger partial charge in [-0.15, -0.1) is 0 Å². The van der Waals surface area contributed by atoms with E-state index in [9.17, 15) is 8.42 Å². The fourth-order valence-electron chi connectivity index (χ4n) is 3.25. The lowest BCUT2D eigenvalue weighted by atomic mass is 10.1. The number of nitrogens with one attached hydrogen (secondary N) is 1. The molecule has 4 rings (SSSR count). The molecular formula is C21H23N3O3S2. The number of aromatic nitrogens is 1. The Balaban J connectivity index is 1.44. The fraction of sp³-hybridized carbons (Fsp3) is 0.286. The monoisotopic (exact) mass is 429 g/mol. The van der Waals surface area contributed by atoms with Gasteiger partial charge in [0.25, 0.3) is 0 Å². The molecule has 8 heteroatoms. The van der Waals surface area contributed by atoms with Crippen molar-refractivity contribution >= 4 is 26.5 Å². The number of sulfonamides is 1. The third-order valence-corrected chi connectivity index (χ3v) is 7.65. The predicted molar refractivity (Wildman–Crippen MR) is 116 cm³/mol. The molecule has 0 aliphatic carbocycles. The van der Waals surface area contributed by atoms with Gasteiger partial charge in [0.15, 0.2) is 5.13 Å². The van der Waals surface area contributed by atoms with Gasteiger partial charge in [0.05, 0.1) is 23.8 Å². The highest BCUT2D eigenvalue weighted by atomic mass is 32.2. The summed E-state index contributed by atoms with van der Waals surface area (Å²) in [4.78, 5) is 5.55. The minimum absolute atomic E-state index is 0.00200. The van der Waals surface area contributed by atoms with Crippen LogP contribution in [0.4, 0.5) is 5.13 Å². The Hall–Kier alpha value is -2.26. The van der Waals surface area contributed by atoms with E-state index in [0.29, 0.717) is 32.8 Å². The molecule has 6 nitrogen and oxygen atoms in total. The Morgan fingerprint density at radius 1 is 1.00 bits per heavy atom. The van der Waals surface area contributed by atoms with Gasteiger partial charge in [-0.25, -0.2) is 13.4 Å². The fourth-order valence-corrected chi connectivity index (χ4v) is 5.63. The standard InChI is InChI=1S/C21H23N3O3S2/c25-29(26,24-10-12-27-13-11-24)16-19-9-5-4-8-18(19)14-22-21-23-15-20(28-21)17-6-2-1-3-7-17/h1-9,15H,10-14,16H2,(H,22,23). The van der Waals surface area contributed by atoms with Crippen molar-refractivity contribution in [2.45, 2.75) is 12.3 Å². The van der Waals surface area contributed by atoms with Crippen LogP contribution in [0.15, 0.2) is 60.8 Å². The van der Waals surface area contributed by atoms with Crippen molar-refractivity contribution in [3.05, 3.63) is 71.9 Å². The SMILES string of the molecule is O=S(=O)(Cc1ccccc1CNc1ncc(-c2ccccc2)s1)N1CCOCC1. The molecule has 0 radical (unpaired) electrons. The molecule has 1 saturated heterocycles. The van der Waals surface area contributed by atoms with Crippen LogP contribution in [-0.2, 0) is 27.1 Å². The molecule has 1 aromatic heterocycles. The van der Waals surface area contributed by atoms with Gasteiger partial charge in [-0.1, -0.05) is 65.9 Å². The number of hydrogen-bond acceptors (Lipinski definition) is 6. The molecule has 0 bridgehead atoms. The van der Waals surface area contributed by atoms with Crippen molar-refractivity contribution < 1.29 is 13.2 Å². The molecule has 0 saturated carbocycles. The number of hydrogen-bond donors (Lipinski definition) is 1. The molecule has 3 aromatic rings. The highest BCUT2D eigenvalue weighted by Crippen LogP contribution is 2.29. The van der Waals surface area contributed by atoms with Crippen LogP contribution in [0.2, 0.25) is 0 Å². The summed E-state index contributed by atoms with van der Waals surface area (Å²) in [6.45, 7) is 2.28. The van der Waals surface area contributed by atoms with Crippen LogP contribution in [0.25, 0.3) is 10.4 Å². The van der Waals surface area contributed by atoms with E-state index in [1.807, 2.05) is 48.7 Å². The summed E-state index contributed by atoms with van der Waals surface area (Å²) < 4.78 is 32.4. The van der Waals surface area contributed by atoms with Gasteiger partial charge in [-0.05, 0) is 16.7 Å². The first-order valence-corrected chi connectivity index (χ1v) is 11.9. The number of rotatable bonds is 7. The molecule has 0 unspecified atom stereocenters. The molecule has 0 spiro atoms. The van der Waals surface area contributed by atoms with E-state index in [1.165, 1.54) is 4.31 Å². The van der Waals surface area contributed by atoms with Crippen LogP contribution in [0, 0.1) is 0 Å². The average Bonchev–Trinajstić information content (AvgIpc) is 3.23. The molecule has 29 heavy (non-hydrogen) atoms. The summed E-state index contributed by atoms with van der Waals surface area (Å²) in [6.07, 6.45) is 1.86. The van der Waals surface area contributed by atoms with Gasteiger partial charge in [0, 0.05) is 25.8 Å². The summed E-state index contributed by atoms with van der Waals surface area (Å²) in [5.41, 5.74) is 2.90. The lowest BCUT2D eigenvalue weighted by Gasteiger charge is -2.26. The topological polar surface area (TPSA) is 71.5 Å². The largest absolute Gasteiger partial charge is 0.379 e. The number of nitrogens with zero attached hydrogens (tertiary/aromatic N) is 2. The molecule has 1 aliphatic rings. The highest BCUT2D eigenvalue weighted by Gasteiger charge is 2.25. The summed E-state index contributed by atoms with van der Waals surface area (Å²) in [6, 6.07) is 17.8. The smallest absolute Gasteiger partial charge is 0.218 e. The Morgan fingerprint density at radius 2 is 1.69 bits per heavy atom. The Kier molecular flexibility index (Phi) is 6.25. The maximum Gasteiger partial charge on any atom is 0.218 e. The molecule has 0 atom stereocenters. The number of anilines is 1. The third-order valence-electron chi connectivity index (χ3n) is 4.81. The van der Waals surface area contributed by atoms with Crippen molar-refractivity contribution in [1.82, 2.24) is 9.29 Å². The maximum absolute atomic E-state index is 12.8. The van der Waals surface area contributed by atoms with E-state index in [2.05, 4.69) is 22.4 Å². The van der Waals surface area contributed by atoms with Crippen molar-refractivity contribution in [2.75, 3.05) is 31.6 Å². The van der Waals surface area contributed by atoms with Gasteiger partial charge in [-0.2, -0.15) is 4.31 Å². The molecule has 1 fully saturated rings. The van der Waals surface area contributed by atoms with E-state index in [-0.39, 0.29) is 5.75 Å². The Labute approximate surface area is 175 Å². The first kappa shape index (κ1) is 20.0. The first-order valence-electron chi connectivity index (χ1n) is 9.49. The second kappa shape index (κ2) is 9.04.